The van der Waals surface area contributed by atoms with Crippen molar-refractivity contribution in [1.82, 2.24) is 0 Å². The van der Waals surface area contributed by atoms with Crippen molar-refractivity contribution in [2.45, 2.75) is 39.9 Å². The minimum atomic E-state index is 0.123. The Kier molecular flexibility index (Phi) is 9.72. The summed E-state index contributed by atoms with van der Waals surface area (Å²) in [6.07, 6.45) is 8.17. The topological polar surface area (TPSA) is 18.5 Å². The second-order valence-electron chi connectivity index (χ2n) is 2.79. The summed E-state index contributed by atoms with van der Waals surface area (Å²) in [6.45, 7) is 7.93. The summed E-state index contributed by atoms with van der Waals surface area (Å²) >= 11 is 2.53. The molecule has 0 aliphatic heterocycles. The van der Waals surface area contributed by atoms with Crippen molar-refractivity contribution in [1.29, 1.82) is 0 Å². The largest absolute Gasteiger partial charge is 0.296 e. The molecule has 14 heavy (non-hydrogen) atoms. The molecule has 2 atom stereocenters. The lowest BCUT2D eigenvalue weighted by atomic mass is 10.4. The Morgan fingerprint density at radius 2 is 1.21 bits per heavy atom. The molecule has 0 radical (unpaired) electrons. The molecule has 0 aromatic rings. The van der Waals surface area contributed by atoms with Crippen molar-refractivity contribution < 1.29 is 8.37 Å². The molecule has 0 aliphatic carbocycles. The average molecular weight is 234 g/mol. The summed E-state index contributed by atoms with van der Waals surface area (Å²) in [5.41, 5.74) is 0. The Bertz CT molecular complexity index is 161. The summed E-state index contributed by atoms with van der Waals surface area (Å²) in [5.74, 6) is 0. The summed E-state index contributed by atoms with van der Waals surface area (Å²) in [6, 6.07) is 0. The van der Waals surface area contributed by atoms with Gasteiger partial charge in [0.2, 0.25) is 0 Å². The van der Waals surface area contributed by atoms with Crippen LogP contribution in [0.15, 0.2) is 24.3 Å². The van der Waals surface area contributed by atoms with E-state index in [1.807, 2.05) is 52.0 Å². The quantitative estimate of drug-likeness (QED) is 0.285. The highest BCUT2D eigenvalue weighted by molar-refractivity contribution is 8.73. The smallest absolute Gasteiger partial charge is 0.0931 e. The normalized spacial score (nSPS) is 16.6. The number of allylic oxidation sites excluding steroid dienone is 2. The van der Waals surface area contributed by atoms with Crippen molar-refractivity contribution in [3.63, 3.8) is 0 Å². The average Bonchev–Trinajstić information content (AvgIpc) is 2.13. The second kappa shape index (κ2) is 9.65. The third-order valence-electron chi connectivity index (χ3n) is 1.34. The molecule has 0 aromatic carbocycles. The van der Waals surface area contributed by atoms with Crippen LogP contribution in [0.1, 0.15) is 27.7 Å². The van der Waals surface area contributed by atoms with E-state index in [4.69, 9.17) is 8.37 Å². The third-order valence-corrected chi connectivity index (χ3v) is 2.79. The van der Waals surface area contributed by atoms with Crippen molar-refractivity contribution in [3.05, 3.63) is 24.3 Å². The van der Waals surface area contributed by atoms with Crippen LogP contribution in [-0.4, -0.2) is 12.2 Å². The molecule has 2 nitrogen and oxygen atoms in total. The fourth-order valence-electron chi connectivity index (χ4n) is 0.762. The molecule has 0 fully saturated rings. The van der Waals surface area contributed by atoms with E-state index >= 15 is 0 Å². The second-order valence-corrected chi connectivity index (χ2v) is 4.26. The van der Waals surface area contributed by atoms with E-state index in [2.05, 4.69) is 0 Å². The van der Waals surface area contributed by atoms with Gasteiger partial charge in [-0.25, -0.2) is 0 Å². The molecule has 0 saturated heterocycles. The summed E-state index contributed by atoms with van der Waals surface area (Å²) in [5, 5.41) is 0. The van der Waals surface area contributed by atoms with Gasteiger partial charge in [0, 0.05) is 0 Å². The third kappa shape index (κ3) is 8.69. The zero-order chi connectivity index (χ0) is 10.8. The van der Waals surface area contributed by atoms with Gasteiger partial charge < -0.3 is 0 Å². The van der Waals surface area contributed by atoms with E-state index in [9.17, 15) is 0 Å². The molecule has 0 bridgehead atoms. The minimum Gasteiger partial charge on any atom is -0.296 e. The lowest BCUT2D eigenvalue weighted by Gasteiger charge is -2.08. The lowest BCUT2D eigenvalue weighted by molar-refractivity contribution is 0.313. The van der Waals surface area contributed by atoms with Crippen LogP contribution in [0.2, 0.25) is 0 Å². The van der Waals surface area contributed by atoms with Crippen LogP contribution < -0.4 is 0 Å². The van der Waals surface area contributed by atoms with Gasteiger partial charge >= 0.3 is 0 Å². The van der Waals surface area contributed by atoms with Crippen molar-refractivity contribution in [3.8, 4) is 0 Å². The molecule has 0 N–H and O–H groups in total. The zero-order valence-corrected chi connectivity index (χ0v) is 10.7. The summed E-state index contributed by atoms with van der Waals surface area (Å²) in [4.78, 5) is 0. The van der Waals surface area contributed by atoms with Gasteiger partial charge in [-0.15, -0.1) is 0 Å². The molecule has 0 aliphatic rings. The standard InChI is InChI=1S/C10H18O2S2/c1-5-7-9(3)11-13-14-12-10(4)8-6-2/h5-10H,1-4H3/b7-5+,8-6+. The van der Waals surface area contributed by atoms with E-state index in [0.29, 0.717) is 0 Å². The van der Waals surface area contributed by atoms with Gasteiger partial charge in [-0.2, -0.15) is 0 Å². The van der Waals surface area contributed by atoms with E-state index < -0.39 is 0 Å². The Morgan fingerprint density at radius 3 is 1.50 bits per heavy atom. The highest BCUT2D eigenvalue weighted by Crippen LogP contribution is 2.27. The lowest BCUT2D eigenvalue weighted by Crippen LogP contribution is -1.98. The first kappa shape index (κ1) is 14.1. The van der Waals surface area contributed by atoms with Gasteiger partial charge in [0.25, 0.3) is 0 Å². The molecule has 0 aromatic heterocycles. The molecule has 0 saturated carbocycles. The van der Waals surface area contributed by atoms with Crippen LogP contribution in [0.5, 0.6) is 0 Å². The van der Waals surface area contributed by atoms with E-state index in [-0.39, 0.29) is 12.2 Å². The summed E-state index contributed by atoms with van der Waals surface area (Å²) in [7, 11) is 0. The maximum atomic E-state index is 5.35. The van der Waals surface area contributed by atoms with E-state index in [1.54, 1.807) is 0 Å². The molecule has 0 heterocycles. The van der Waals surface area contributed by atoms with Gasteiger partial charge in [0.1, 0.15) is 0 Å². The van der Waals surface area contributed by atoms with Crippen LogP contribution in [0, 0.1) is 0 Å². The molecular weight excluding hydrogens is 216 g/mol. The minimum absolute atomic E-state index is 0.123. The van der Waals surface area contributed by atoms with Crippen LogP contribution in [0.25, 0.3) is 0 Å². The number of hydrogen-bond donors (Lipinski definition) is 0. The molecular formula is C10H18O2S2. The van der Waals surface area contributed by atoms with Crippen molar-refractivity contribution in [2.24, 2.45) is 0 Å². The first-order valence-electron chi connectivity index (χ1n) is 4.61. The number of hydrogen-bond acceptors (Lipinski definition) is 4. The molecule has 0 rings (SSSR count). The van der Waals surface area contributed by atoms with Crippen molar-refractivity contribution in [2.75, 3.05) is 0 Å². The van der Waals surface area contributed by atoms with Gasteiger partial charge in [0.05, 0.1) is 34.4 Å². The van der Waals surface area contributed by atoms with E-state index in [1.165, 1.54) is 22.1 Å². The molecule has 2 unspecified atom stereocenters. The van der Waals surface area contributed by atoms with Gasteiger partial charge in [0.15, 0.2) is 0 Å². The van der Waals surface area contributed by atoms with Crippen LogP contribution in [-0.2, 0) is 8.37 Å². The predicted octanol–water partition coefficient (Wildman–Crippen LogP) is 4.16. The fourth-order valence-corrected chi connectivity index (χ4v) is 2.14. The van der Waals surface area contributed by atoms with Gasteiger partial charge in [-0.05, 0) is 27.7 Å². The van der Waals surface area contributed by atoms with Gasteiger partial charge in [-0.3, -0.25) is 8.37 Å². The van der Waals surface area contributed by atoms with Gasteiger partial charge in [-0.1, -0.05) is 24.3 Å². The highest BCUT2D eigenvalue weighted by Gasteiger charge is 2.01. The number of rotatable bonds is 7. The Morgan fingerprint density at radius 1 is 0.857 bits per heavy atom. The monoisotopic (exact) mass is 234 g/mol. The van der Waals surface area contributed by atoms with E-state index in [0.717, 1.165) is 0 Å². The van der Waals surface area contributed by atoms with Crippen LogP contribution in [0.4, 0.5) is 0 Å². The maximum absolute atomic E-state index is 5.35. The molecule has 4 heteroatoms. The Balaban J connectivity index is 3.37. The summed E-state index contributed by atoms with van der Waals surface area (Å²) < 4.78 is 10.7. The van der Waals surface area contributed by atoms with Crippen LogP contribution >= 0.6 is 22.1 Å². The first-order valence-corrected chi connectivity index (χ1v) is 6.61. The Labute approximate surface area is 94.9 Å². The predicted molar refractivity (Wildman–Crippen MR) is 65.9 cm³/mol. The molecule has 0 amide bonds. The molecule has 82 valence electrons. The molecule has 0 spiro atoms. The highest BCUT2D eigenvalue weighted by atomic mass is 33.1. The maximum Gasteiger partial charge on any atom is 0.0931 e. The fraction of sp³-hybridized carbons (Fsp3) is 0.600. The van der Waals surface area contributed by atoms with Crippen molar-refractivity contribution >= 4 is 22.1 Å². The Hall–Kier alpha value is 0.100. The first-order chi connectivity index (χ1) is 6.70. The van der Waals surface area contributed by atoms with Crippen LogP contribution in [0.3, 0.4) is 0 Å². The SMILES string of the molecule is C/C=C/C(C)OSSOC(C)/C=C/C. The zero-order valence-electron chi connectivity index (χ0n) is 9.10.